The Balaban J connectivity index is 2.01. The second-order valence-corrected chi connectivity index (χ2v) is 5.40. The molecule has 4 unspecified atom stereocenters. The summed E-state index contributed by atoms with van der Waals surface area (Å²) in [7, 11) is 4.78. The topological polar surface area (TPSA) is 88.5 Å². The summed E-state index contributed by atoms with van der Waals surface area (Å²) in [5, 5.41) is 9.17. The average Bonchev–Trinajstić information content (AvgIpc) is 3.11. The van der Waals surface area contributed by atoms with Crippen LogP contribution in [0.3, 0.4) is 0 Å². The Morgan fingerprint density at radius 1 is 1.19 bits per heavy atom. The summed E-state index contributed by atoms with van der Waals surface area (Å²) in [5.41, 5.74) is 0. The number of carboxylic acids is 1. The molecule has 2 aliphatic rings. The van der Waals surface area contributed by atoms with E-state index >= 15 is 0 Å². The van der Waals surface area contributed by atoms with E-state index < -0.39 is 17.9 Å². The minimum Gasteiger partial charge on any atom is -0.481 e. The molecule has 8 heteroatoms. The predicted molar refractivity (Wildman–Crippen MR) is 72.1 cm³/mol. The first-order valence-corrected chi connectivity index (χ1v) is 6.87. The Morgan fingerprint density at radius 3 is 2.24 bits per heavy atom. The fraction of sp³-hybridized carbons (Fsp3) is 0.846. The summed E-state index contributed by atoms with van der Waals surface area (Å²) in [4.78, 5) is 26.8. The van der Waals surface area contributed by atoms with Crippen LogP contribution < -0.4 is 0 Å². The van der Waals surface area contributed by atoms with Crippen molar-refractivity contribution >= 4 is 12.0 Å². The molecule has 2 aliphatic heterocycles. The van der Waals surface area contributed by atoms with Crippen molar-refractivity contribution in [3.05, 3.63) is 0 Å². The lowest BCUT2D eigenvalue weighted by Crippen LogP contribution is -2.49. The molecule has 2 rings (SSSR count). The third-order valence-corrected chi connectivity index (χ3v) is 4.26. The lowest BCUT2D eigenvalue weighted by atomic mass is 10.0. The summed E-state index contributed by atoms with van der Waals surface area (Å²) in [6, 6.07) is -0.670. The minimum absolute atomic E-state index is 0.138. The number of nitrogens with zero attached hydrogens (tertiary/aromatic N) is 2. The maximum Gasteiger partial charge on any atom is 0.320 e. The van der Waals surface area contributed by atoms with Crippen LogP contribution in [-0.2, 0) is 19.0 Å². The molecule has 120 valence electrons. The van der Waals surface area contributed by atoms with Crippen molar-refractivity contribution in [1.82, 2.24) is 9.80 Å². The molecular formula is C13H22N2O6. The van der Waals surface area contributed by atoms with Crippen LogP contribution in [0.2, 0.25) is 0 Å². The van der Waals surface area contributed by atoms with Gasteiger partial charge in [-0.2, -0.15) is 0 Å². The number of likely N-dealkylation sites (tertiary alicyclic amines) is 1. The van der Waals surface area contributed by atoms with Crippen molar-refractivity contribution in [2.45, 2.75) is 18.2 Å². The molecule has 0 radical (unpaired) electrons. The van der Waals surface area contributed by atoms with Gasteiger partial charge in [-0.05, 0) is 0 Å². The summed E-state index contributed by atoms with van der Waals surface area (Å²) in [6.07, 6.45) is -0.329. The minimum atomic E-state index is -0.942. The van der Waals surface area contributed by atoms with E-state index in [-0.39, 0.29) is 31.5 Å². The average molecular weight is 302 g/mol. The second-order valence-electron chi connectivity index (χ2n) is 5.40. The van der Waals surface area contributed by atoms with E-state index in [0.717, 1.165) is 0 Å². The zero-order valence-corrected chi connectivity index (χ0v) is 12.5. The number of amides is 2. The maximum absolute atomic E-state index is 12.5. The molecule has 2 heterocycles. The number of hydrogen-bond donors (Lipinski definition) is 1. The van der Waals surface area contributed by atoms with Crippen LogP contribution in [0, 0.1) is 5.92 Å². The van der Waals surface area contributed by atoms with Crippen molar-refractivity contribution in [1.29, 1.82) is 0 Å². The van der Waals surface area contributed by atoms with Gasteiger partial charge in [0.2, 0.25) is 0 Å². The Labute approximate surface area is 123 Å². The van der Waals surface area contributed by atoms with Crippen LogP contribution in [0.4, 0.5) is 4.79 Å². The Hall–Kier alpha value is -1.38. The zero-order valence-electron chi connectivity index (χ0n) is 12.5. The van der Waals surface area contributed by atoms with E-state index in [1.54, 1.807) is 26.2 Å². The van der Waals surface area contributed by atoms with Crippen LogP contribution in [0.5, 0.6) is 0 Å². The number of ether oxygens (including phenoxy) is 3. The van der Waals surface area contributed by atoms with Crippen molar-refractivity contribution in [3.63, 3.8) is 0 Å². The van der Waals surface area contributed by atoms with Gasteiger partial charge in [-0.3, -0.25) is 4.79 Å². The molecule has 0 spiro atoms. The number of urea groups is 1. The largest absolute Gasteiger partial charge is 0.481 e. The number of likely N-dealkylation sites (N-methyl/N-ethyl adjacent to an activating group) is 1. The van der Waals surface area contributed by atoms with Gasteiger partial charge in [0, 0.05) is 21.3 Å². The molecular weight excluding hydrogens is 280 g/mol. The first-order valence-electron chi connectivity index (χ1n) is 6.87. The lowest BCUT2D eigenvalue weighted by molar-refractivity contribution is -0.142. The molecule has 2 amide bonds. The predicted octanol–water partition coefficient (Wildman–Crippen LogP) is -0.517. The first-order chi connectivity index (χ1) is 9.99. The zero-order chi connectivity index (χ0) is 15.6. The van der Waals surface area contributed by atoms with Gasteiger partial charge in [0.05, 0.1) is 32.3 Å². The van der Waals surface area contributed by atoms with Crippen molar-refractivity contribution in [3.8, 4) is 0 Å². The standard InChI is InChI=1S/C13H22N2O6/c1-14(9-7-21-6-8(9)12(16)17)13(18)15-4-10(19-2)11(5-15)20-3/h8-11H,4-7H2,1-3H3,(H,16,17). The molecule has 2 fully saturated rings. The number of carbonyl (C=O) groups is 2. The highest BCUT2D eigenvalue weighted by Gasteiger charge is 2.42. The second kappa shape index (κ2) is 6.59. The van der Waals surface area contributed by atoms with Crippen molar-refractivity contribution in [2.24, 2.45) is 5.92 Å². The molecule has 8 nitrogen and oxygen atoms in total. The van der Waals surface area contributed by atoms with Crippen LogP contribution in [0.1, 0.15) is 0 Å². The number of aliphatic carboxylic acids is 1. The van der Waals surface area contributed by atoms with Gasteiger partial charge in [0.1, 0.15) is 18.1 Å². The van der Waals surface area contributed by atoms with Crippen LogP contribution in [0.15, 0.2) is 0 Å². The third kappa shape index (κ3) is 3.12. The summed E-state index contributed by atoms with van der Waals surface area (Å²) >= 11 is 0. The van der Waals surface area contributed by atoms with Crippen LogP contribution in [-0.4, -0.2) is 92.7 Å². The monoisotopic (exact) mass is 302 g/mol. The summed E-state index contributed by atoms with van der Waals surface area (Å²) in [5.74, 6) is -1.62. The molecule has 0 aromatic rings. The van der Waals surface area contributed by atoms with E-state index in [2.05, 4.69) is 0 Å². The molecule has 0 aromatic carbocycles. The highest BCUT2D eigenvalue weighted by molar-refractivity contribution is 5.77. The van der Waals surface area contributed by atoms with Gasteiger partial charge in [0.25, 0.3) is 0 Å². The fourth-order valence-electron chi connectivity index (χ4n) is 2.88. The number of carboxylic acid groups (broad SMARTS) is 1. The third-order valence-electron chi connectivity index (χ3n) is 4.26. The molecule has 0 aromatic heterocycles. The smallest absolute Gasteiger partial charge is 0.320 e. The van der Waals surface area contributed by atoms with Gasteiger partial charge in [-0.15, -0.1) is 0 Å². The lowest BCUT2D eigenvalue weighted by Gasteiger charge is -2.30. The maximum atomic E-state index is 12.5. The number of carbonyl (C=O) groups excluding carboxylic acids is 1. The van der Waals surface area contributed by atoms with Gasteiger partial charge < -0.3 is 29.1 Å². The highest BCUT2D eigenvalue weighted by Crippen LogP contribution is 2.23. The first kappa shape index (κ1) is 16.0. The van der Waals surface area contributed by atoms with Gasteiger partial charge in [0.15, 0.2) is 0 Å². The van der Waals surface area contributed by atoms with E-state index in [1.165, 1.54) is 4.90 Å². The molecule has 4 atom stereocenters. The normalized spacial score (nSPS) is 32.4. The molecule has 0 saturated carbocycles. The van der Waals surface area contributed by atoms with Gasteiger partial charge >= 0.3 is 12.0 Å². The molecule has 21 heavy (non-hydrogen) atoms. The highest BCUT2D eigenvalue weighted by atomic mass is 16.5. The van der Waals surface area contributed by atoms with Gasteiger partial charge in [-0.1, -0.05) is 0 Å². The summed E-state index contributed by atoms with van der Waals surface area (Å²) in [6.45, 7) is 1.25. The molecule has 0 bridgehead atoms. The number of rotatable bonds is 4. The van der Waals surface area contributed by atoms with Crippen molar-refractivity contribution < 1.29 is 28.9 Å². The van der Waals surface area contributed by atoms with E-state index in [9.17, 15) is 9.59 Å². The Morgan fingerprint density at radius 2 is 1.76 bits per heavy atom. The van der Waals surface area contributed by atoms with Gasteiger partial charge in [-0.25, -0.2) is 4.79 Å². The SMILES string of the molecule is COC1CN(C(=O)N(C)C2COCC2C(=O)O)CC1OC. The van der Waals surface area contributed by atoms with Crippen molar-refractivity contribution in [2.75, 3.05) is 47.6 Å². The van der Waals surface area contributed by atoms with E-state index in [4.69, 9.17) is 19.3 Å². The van der Waals surface area contributed by atoms with Crippen LogP contribution in [0.25, 0.3) is 0 Å². The quantitative estimate of drug-likeness (QED) is 0.752. The Bertz CT molecular complexity index is 392. The Kier molecular flexibility index (Phi) is 5.02. The molecule has 0 aliphatic carbocycles. The summed E-state index contributed by atoms with van der Waals surface area (Å²) < 4.78 is 15.8. The van der Waals surface area contributed by atoms with E-state index in [0.29, 0.717) is 13.1 Å². The fourth-order valence-corrected chi connectivity index (χ4v) is 2.88. The number of hydrogen-bond acceptors (Lipinski definition) is 5. The number of methoxy groups -OCH3 is 2. The van der Waals surface area contributed by atoms with E-state index in [1.807, 2.05) is 0 Å². The van der Waals surface area contributed by atoms with Crippen LogP contribution >= 0.6 is 0 Å². The molecule has 1 N–H and O–H groups in total. The molecule has 2 saturated heterocycles.